The first-order valence-corrected chi connectivity index (χ1v) is 5.38. The van der Waals surface area contributed by atoms with Gasteiger partial charge in [-0.2, -0.15) is 0 Å². The number of likely N-dealkylation sites (tertiary alicyclic amines) is 1. The van der Waals surface area contributed by atoms with Crippen LogP contribution >= 0.6 is 0 Å². The molecule has 78 valence electrons. The molecule has 1 fully saturated rings. The van der Waals surface area contributed by atoms with Crippen LogP contribution in [0.25, 0.3) is 0 Å². The van der Waals surface area contributed by atoms with Crippen molar-refractivity contribution < 1.29 is 5.11 Å². The Morgan fingerprint density at radius 3 is 3.00 bits per heavy atom. The van der Waals surface area contributed by atoms with Gasteiger partial charge in [-0.05, 0) is 45.9 Å². The normalized spacial score (nSPS) is 24.9. The van der Waals surface area contributed by atoms with Crippen LogP contribution in [-0.4, -0.2) is 49.3 Å². The number of hydrogen-bond donors (Lipinski definition) is 2. The molecular formula is C10H22N2O. The van der Waals surface area contributed by atoms with E-state index in [0.29, 0.717) is 12.6 Å². The van der Waals surface area contributed by atoms with Crippen molar-refractivity contribution in [3.63, 3.8) is 0 Å². The molecule has 0 radical (unpaired) electrons. The van der Waals surface area contributed by atoms with Gasteiger partial charge in [-0.1, -0.05) is 6.42 Å². The van der Waals surface area contributed by atoms with Gasteiger partial charge in [0.05, 0.1) is 6.61 Å². The lowest BCUT2D eigenvalue weighted by atomic mass is 10.0. The lowest BCUT2D eigenvalue weighted by Crippen LogP contribution is -2.42. The predicted molar refractivity (Wildman–Crippen MR) is 54.8 cm³/mol. The zero-order valence-electron chi connectivity index (χ0n) is 8.63. The molecule has 0 aliphatic carbocycles. The minimum atomic E-state index is 0.333. The second-order valence-corrected chi connectivity index (χ2v) is 3.83. The molecule has 1 aliphatic heterocycles. The highest BCUT2D eigenvalue weighted by Gasteiger charge is 2.20. The molecule has 3 nitrogen and oxygen atoms in total. The lowest BCUT2D eigenvalue weighted by molar-refractivity contribution is 0.0894. The van der Waals surface area contributed by atoms with Crippen molar-refractivity contribution in [2.24, 2.45) is 0 Å². The minimum Gasteiger partial charge on any atom is -0.395 e. The van der Waals surface area contributed by atoms with Crippen LogP contribution in [0.4, 0.5) is 0 Å². The van der Waals surface area contributed by atoms with Gasteiger partial charge < -0.3 is 10.4 Å². The molecule has 0 spiro atoms. The maximum absolute atomic E-state index is 9.16. The molecule has 0 aromatic heterocycles. The zero-order chi connectivity index (χ0) is 9.52. The number of nitrogens with one attached hydrogen (secondary N) is 1. The molecule has 1 atom stereocenters. The summed E-state index contributed by atoms with van der Waals surface area (Å²) >= 11 is 0. The van der Waals surface area contributed by atoms with Crippen LogP contribution in [0.15, 0.2) is 0 Å². The molecule has 0 saturated carbocycles. The molecule has 3 heteroatoms. The number of nitrogens with zero attached hydrogens (tertiary/aromatic N) is 1. The molecule has 1 rings (SSSR count). The van der Waals surface area contributed by atoms with Crippen molar-refractivity contribution in [1.29, 1.82) is 0 Å². The fraction of sp³-hybridized carbons (Fsp3) is 1.00. The minimum absolute atomic E-state index is 0.333. The van der Waals surface area contributed by atoms with E-state index in [1.807, 2.05) is 7.05 Å². The Hall–Kier alpha value is -0.120. The molecule has 1 aliphatic rings. The average Bonchev–Trinajstić information content (AvgIpc) is 2.19. The van der Waals surface area contributed by atoms with Crippen molar-refractivity contribution in [2.45, 2.75) is 31.7 Å². The first kappa shape index (κ1) is 11.0. The third kappa shape index (κ3) is 3.63. The molecule has 0 amide bonds. The summed E-state index contributed by atoms with van der Waals surface area (Å²) in [5.41, 5.74) is 0. The van der Waals surface area contributed by atoms with Gasteiger partial charge >= 0.3 is 0 Å². The second-order valence-electron chi connectivity index (χ2n) is 3.83. The Labute approximate surface area is 81.1 Å². The highest BCUT2D eigenvalue weighted by Crippen LogP contribution is 2.16. The van der Waals surface area contributed by atoms with Crippen molar-refractivity contribution in [3.8, 4) is 0 Å². The quantitative estimate of drug-likeness (QED) is 0.612. The predicted octanol–water partition coefficient (Wildman–Crippen LogP) is 0.443. The Balaban J connectivity index is 2.19. The van der Waals surface area contributed by atoms with Gasteiger partial charge in [-0.25, -0.2) is 0 Å². The molecule has 2 N–H and O–H groups in total. The SMILES string of the molecule is CNCCCN1CCCCC1CO. The maximum atomic E-state index is 9.16. The Bertz CT molecular complexity index is 130. The van der Waals surface area contributed by atoms with Crippen LogP contribution in [0.2, 0.25) is 0 Å². The lowest BCUT2D eigenvalue weighted by Gasteiger charge is -2.34. The van der Waals surface area contributed by atoms with Gasteiger partial charge in [0.1, 0.15) is 0 Å². The molecule has 1 saturated heterocycles. The van der Waals surface area contributed by atoms with E-state index >= 15 is 0 Å². The van der Waals surface area contributed by atoms with E-state index in [9.17, 15) is 0 Å². The molecule has 0 bridgehead atoms. The third-order valence-electron chi connectivity index (χ3n) is 2.83. The number of piperidine rings is 1. The summed E-state index contributed by atoms with van der Waals surface area (Å²) in [6.45, 7) is 3.72. The molecule has 0 aromatic carbocycles. The van der Waals surface area contributed by atoms with Crippen molar-refractivity contribution in [3.05, 3.63) is 0 Å². The summed E-state index contributed by atoms with van der Waals surface area (Å²) in [6.07, 6.45) is 4.95. The van der Waals surface area contributed by atoms with Crippen molar-refractivity contribution >= 4 is 0 Å². The summed E-state index contributed by atoms with van der Waals surface area (Å²) in [5, 5.41) is 12.3. The highest BCUT2D eigenvalue weighted by molar-refractivity contribution is 4.75. The summed E-state index contributed by atoms with van der Waals surface area (Å²) in [4.78, 5) is 2.43. The monoisotopic (exact) mass is 186 g/mol. The summed E-state index contributed by atoms with van der Waals surface area (Å²) < 4.78 is 0. The Kier molecular flexibility index (Phi) is 5.35. The maximum Gasteiger partial charge on any atom is 0.0586 e. The number of aliphatic hydroxyl groups excluding tert-OH is 1. The van der Waals surface area contributed by atoms with Crippen LogP contribution in [0.1, 0.15) is 25.7 Å². The van der Waals surface area contributed by atoms with E-state index in [-0.39, 0.29) is 0 Å². The first-order valence-electron chi connectivity index (χ1n) is 5.38. The van der Waals surface area contributed by atoms with Crippen LogP contribution in [-0.2, 0) is 0 Å². The summed E-state index contributed by atoms with van der Waals surface area (Å²) in [5.74, 6) is 0. The van der Waals surface area contributed by atoms with E-state index < -0.39 is 0 Å². The van der Waals surface area contributed by atoms with Gasteiger partial charge in [0.2, 0.25) is 0 Å². The van der Waals surface area contributed by atoms with Gasteiger partial charge in [-0.15, -0.1) is 0 Å². The van der Waals surface area contributed by atoms with Gasteiger partial charge in [-0.3, -0.25) is 4.90 Å². The fourth-order valence-electron chi connectivity index (χ4n) is 2.02. The van der Waals surface area contributed by atoms with Crippen LogP contribution in [0, 0.1) is 0 Å². The topological polar surface area (TPSA) is 35.5 Å². The second kappa shape index (κ2) is 6.35. The molecule has 1 unspecified atom stereocenters. The summed E-state index contributed by atoms with van der Waals surface area (Å²) in [7, 11) is 1.99. The smallest absolute Gasteiger partial charge is 0.0586 e. The van der Waals surface area contributed by atoms with E-state index in [2.05, 4.69) is 10.2 Å². The fourth-order valence-corrected chi connectivity index (χ4v) is 2.02. The first-order chi connectivity index (χ1) is 6.38. The van der Waals surface area contributed by atoms with Crippen LogP contribution in [0.3, 0.4) is 0 Å². The standard InChI is InChI=1S/C10H22N2O/c1-11-6-4-8-12-7-3-2-5-10(12)9-13/h10-11,13H,2-9H2,1H3. The largest absolute Gasteiger partial charge is 0.395 e. The van der Waals surface area contributed by atoms with E-state index in [1.165, 1.54) is 32.2 Å². The molecule has 13 heavy (non-hydrogen) atoms. The van der Waals surface area contributed by atoms with Crippen molar-refractivity contribution in [2.75, 3.05) is 33.3 Å². The zero-order valence-corrected chi connectivity index (χ0v) is 8.63. The number of hydrogen-bond acceptors (Lipinski definition) is 3. The van der Waals surface area contributed by atoms with Gasteiger partial charge in [0, 0.05) is 6.04 Å². The highest BCUT2D eigenvalue weighted by atomic mass is 16.3. The Morgan fingerprint density at radius 2 is 2.31 bits per heavy atom. The van der Waals surface area contributed by atoms with Crippen LogP contribution < -0.4 is 5.32 Å². The average molecular weight is 186 g/mol. The van der Waals surface area contributed by atoms with Gasteiger partial charge in [0.25, 0.3) is 0 Å². The molecular weight excluding hydrogens is 164 g/mol. The van der Waals surface area contributed by atoms with E-state index in [0.717, 1.165) is 13.1 Å². The number of rotatable bonds is 5. The third-order valence-corrected chi connectivity index (χ3v) is 2.83. The number of aliphatic hydroxyl groups is 1. The van der Waals surface area contributed by atoms with E-state index in [4.69, 9.17) is 5.11 Å². The van der Waals surface area contributed by atoms with Gasteiger partial charge in [0.15, 0.2) is 0 Å². The summed E-state index contributed by atoms with van der Waals surface area (Å²) in [6, 6.07) is 0.436. The molecule has 1 heterocycles. The Morgan fingerprint density at radius 1 is 1.46 bits per heavy atom. The van der Waals surface area contributed by atoms with Crippen LogP contribution in [0.5, 0.6) is 0 Å². The van der Waals surface area contributed by atoms with Crippen molar-refractivity contribution in [1.82, 2.24) is 10.2 Å². The molecule has 0 aromatic rings. The van der Waals surface area contributed by atoms with E-state index in [1.54, 1.807) is 0 Å².